The zero-order valence-electron chi connectivity index (χ0n) is 15.2. The Morgan fingerprint density at radius 3 is 2.64 bits per heavy atom. The molecule has 4 aliphatic rings. The van der Waals surface area contributed by atoms with E-state index in [4.69, 9.17) is 5.11 Å². The molecule has 0 aromatic rings. The quantitative estimate of drug-likeness (QED) is 0.503. The first-order valence-corrected chi connectivity index (χ1v) is 9.75. The molecule has 4 rings (SSSR count). The summed E-state index contributed by atoms with van der Waals surface area (Å²) in [5.74, 6) is 0.506. The molecule has 138 valence electrons. The Hall–Kier alpha value is -1.13. The molecule has 0 radical (unpaired) electrons. The van der Waals surface area contributed by atoms with Gasteiger partial charge in [0.15, 0.2) is 0 Å². The lowest BCUT2D eigenvalue weighted by Crippen LogP contribution is -2.51. The van der Waals surface area contributed by atoms with Crippen molar-refractivity contribution in [3.05, 3.63) is 23.3 Å². The number of carboxylic acids is 1. The summed E-state index contributed by atoms with van der Waals surface area (Å²) in [4.78, 5) is 11.1. The lowest BCUT2D eigenvalue weighted by atomic mass is 9.48. The van der Waals surface area contributed by atoms with E-state index in [1.54, 1.807) is 0 Å². The number of hydrogen-bond donors (Lipinski definition) is 3. The van der Waals surface area contributed by atoms with Gasteiger partial charge in [0.1, 0.15) is 0 Å². The van der Waals surface area contributed by atoms with Gasteiger partial charge in [-0.25, -0.2) is 4.79 Å². The van der Waals surface area contributed by atoms with Crippen LogP contribution in [0.3, 0.4) is 0 Å². The van der Waals surface area contributed by atoms with Gasteiger partial charge in [0.05, 0.1) is 12.2 Å². The molecule has 4 aliphatic carbocycles. The minimum absolute atomic E-state index is 0.174. The van der Waals surface area contributed by atoms with Crippen LogP contribution in [0.5, 0.6) is 0 Å². The molecule has 0 unspecified atom stereocenters. The van der Waals surface area contributed by atoms with Crippen LogP contribution >= 0.6 is 0 Å². The summed E-state index contributed by atoms with van der Waals surface area (Å²) >= 11 is 0. The van der Waals surface area contributed by atoms with Gasteiger partial charge in [0.2, 0.25) is 0 Å². The first-order chi connectivity index (χ1) is 11.8. The van der Waals surface area contributed by atoms with E-state index in [1.807, 2.05) is 0 Å². The van der Waals surface area contributed by atoms with Gasteiger partial charge in [-0.15, -0.1) is 0 Å². The average Bonchev–Trinajstić information content (AvgIpc) is 2.79. The zero-order valence-corrected chi connectivity index (χ0v) is 15.2. The molecule has 0 saturated heterocycles. The molecule has 0 spiro atoms. The minimum Gasteiger partial charge on any atom is -0.478 e. The van der Waals surface area contributed by atoms with Crippen LogP contribution in [0.2, 0.25) is 0 Å². The number of hydrogen-bond acceptors (Lipinski definition) is 3. The first-order valence-electron chi connectivity index (χ1n) is 9.75. The first kappa shape index (κ1) is 17.3. The molecular weight excluding hydrogens is 316 g/mol. The third kappa shape index (κ3) is 2.44. The average molecular weight is 346 g/mol. The number of rotatable bonds is 1. The van der Waals surface area contributed by atoms with Crippen LogP contribution in [0.25, 0.3) is 0 Å². The van der Waals surface area contributed by atoms with Crippen molar-refractivity contribution in [2.75, 3.05) is 0 Å². The highest BCUT2D eigenvalue weighted by atomic mass is 16.4. The van der Waals surface area contributed by atoms with E-state index >= 15 is 0 Å². The number of aliphatic hydroxyl groups excluding tert-OH is 2. The molecule has 0 amide bonds. The van der Waals surface area contributed by atoms with E-state index in [9.17, 15) is 15.0 Å². The molecule has 4 nitrogen and oxygen atoms in total. The molecule has 3 fully saturated rings. The molecule has 0 aliphatic heterocycles. The van der Waals surface area contributed by atoms with Crippen LogP contribution in [-0.4, -0.2) is 33.5 Å². The summed E-state index contributed by atoms with van der Waals surface area (Å²) in [6.45, 7) is 4.54. The molecule has 3 N–H and O–H groups in total. The second kappa shape index (κ2) is 5.68. The Kier molecular flexibility index (Phi) is 3.93. The van der Waals surface area contributed by atoms with Crippen molar-refractivity contribution in [3.8, 4) is 0 Å². The predicted octanol–water partition coefficient (Wildman–Crippen LogP) is 3.29. The number of fused-ring (bicyclic) bond motifs is 5. The van der Waals surface area contributed by atoms with Crippen LogP contribution in [0.4, 0.5) is 0 Å². The minimum atomic E-state index is -0.952. The van der Waals surface area contributed by atoms with Crippen LogP contribution < -0.4 is 0 Å². The largest absolute Gasteiger partial charge is 0.478 e. The summed E-state index contributed by atoms with van der Waals surface area (Å²) < 4.78 is 0. The normalized spacial score (nSPS) is 50.6. The van der Waals surface area contributed by atoms with Crippen LogP contribution in [0, 0.1) is 28.6 Å². The molecule has 0 aromatic heterocycles. The molecule has 0 aromatic carbocycles. The molecule has 0 bridgehead atoms. The van der Waals surface area contributed by atoms with Crippen molar-refractivity contribution in [2.45, 2.75) is 71.0 Å². The SMILES string of the molecule is C[C@]12CC[C@H]3[C@@H](CC=C4C[C@@H](O)CC[C@@]43C)[C@@H]1CC(=CC(=O)O)[C@@H]2O. The van der Waals surface area contributed by atoms with Gasteiger partial charge in [0, 0.05) is 11.5 Å². The summed E-state index contributed by atoms with van der Waals surface area (Å²) in [7, 11) is 0. The summed E-state index contributed by atoms with van der Waals surface area (Å²) in [5.41, 5.74) is 2.13. The fourth-order valence-corrected chi connectivity index (χ4v) is 6.80. The highest BCUT2D eigenvalue weighted by Crippen LogP contribution is 2.65. The molecule has 25 heavy (non-hydrogen) atoms. The van der Waals surface area contributed by atoms with E-state index in [-0.39, 0.29) is 16.9 Å². The maximum absolute atomic E-state index is 11.1. The fourth-order valence-electron chi connectivity index (χ4n) is 6.80. The van der Waals surface area contributed by atoms with Gasteiger partial charge in [-0.05, 0) is 73.7 Å². The second-order valence-corrected chi connectivity index (χ2v) is 9.36. The number of aliphatic carboxylic acids is 1. The highest BCUT2D eigenvalue weighted by molar-refractivity contribution is 5.81. The molecule has 3 saturated carbocycles. The van der Waals surface area contributed by atoms with Crippen LogP contribution in [-0.2, 0) is 4.79 Å². The molecule has 4 heteroatoms. The van der Waals surface area contributed by atoms with Gasteiger partial charge >= 0.3 is 5.97 Å². The highest BCUT2D eigenvalue weighted by Gasteiger charge is 2.59. The third-order valence-electron chi connectivity index (χ3n) is 8.26. The van der Waals surface area contributed by atoms with Gasteiger partial charge in [-0.3, -0.25) is 0 Å². The fraction of sp³-hybridized carbons (Fsp3) is 0.762. The summed E-state index contributed by atoms with van der Waals surface area (Å²) in [6.07, 6.45) is 9.31. The monoisotopic (exact) mass is 346 g/mol. The van der Waals surface area contributed by atoms with Gasteiger partial charge in [-0.2, -0.15) is 0 Å². The Morgan fingerprint density at radius 2 is 1.92 bits per heavy atom. The molecular formula is C21H30O4. The van der Waals surface area contributed by atoms with Crippen LogP contribution in [0.15, 0.2) is 23.3 Å². The lowest BCUT2D eigenvalue weighted by molar-refractivity contribution is -0.131. The van der Waals surface area contributed by atoms with Crippen molar-refractivity contribution < 1.29 is 20.1 Å². The van der Waals surface area contributed by atoms with Crippen molar-refractivity contribution in [1.29, 1.82) is 0 Å². The zero-order chi connectivity index (χ0) is 18.0. The number of carboxylic acid groups (broad SMARTS) is 1. The van der Waals surface area contributed by atoms with Gasteiger partial charge in [0.25, 0.3) is 0 Å². The van der Waals surface area contributed by atoms with Crippen molar-refractivity contribution in [2.24, 2.45) is 28.6 Å². The number of allylic oxidation sites excluding steroid dienone is 1. The van der Waals surface area contributed by atoms with E-state index in [2.05, 4.69) is 19.9 Å². The molecule has 7 atom stereocenters. The number of carbonyl (C=O) groups is 1. The molecule has 0 heterocycles. The smallest absolute Gasteiger partial charge is 0.328 e. The van der Waals surface area contributed by atoms with Gasteiger partial charge in [-0.1, -0.05) is 25.5 Å². The van der Waals surface area contributed by atoms with Crippen molar-refractivity contribution >= 4 is 5.97 Å². The predicted molar refractivity (Wildman–Crippen MR) is 94.8 cm³/mol. The van der Waals surface area contributed by atoms with Crippen molar-refractivity contribution in [1.82, 2.24) is 0 Å². The Balaban J connectivity index is 1.68. The maximum Gasteiger partial charge on any atom is 0.328 e. The Bertz CT molecular complexity index is 650. The van der Waals surface area contributed by atoms with Gasteiger partial charge < -0.3 is 15.3 Å². The van der Waals surface area contributed by atoms with Crippen LogP contribution in [0.1, 0.15) is 58.8 Å². The van der Waals surface area contributed by atoms with E-state index in [0.29, 0.717) is 29.7 Å². The number of aliphatic hydroxyl groups is 2. The topological polar surface area (TPSA) is 77.8 Å². The van der Waals surface area contributed by atoms with E-state index < -0.39 is 12.1 Å². The van der Waals surface area contributed by atoms with E-state index in [1.165, 1.54) is 11.6 Å². The third-order valence-corrected chi connectivity index (χ3v) is 8.26. The summed E-state index contributed by atoms with van der Waals surface area (Å²) in [5, 5.41) is 30.0. The Labute approximate surface area is 149 Å². The van der Waals surface area contributed by atoms with Crippen molar-refractivity contribution in [3.63, 3.8) is 0 Å². The standard InChI is InChI=1S/C21H30O4/c1-20-7-5-14(22)11-13(20)3-4-15-16(20)6-8-21(2)17(15)9-12(19(21)25)10-18(23)24/h3,10,14-17,19,22,25H,4-9,11H2,1-2H3,(H,23,24)/t14-,15+,16-,17-,19-,20-,21-/m0/s1. The van der Waals surface area contributed by atoms with E-state index in [0.717, 1.165) is 38.5 Å². The Morgan fingerprint density at radius 1 is 1.16 bits per heavy atom. The summed E-state index contributed by atoms with van der Waals surface area (Å²) in [6, 6.07) is 0. The lowest BCUT2D eigenvalue weighted by Gasteiger charge is -2.57. The second-order valence-electron chi connectivity index (χ2n) is 9.36. The maximum atomic E-state index is 11.1.